The number of aromatic nitrogens is 3. The van der Waals surface area contributed by atoms with Crippen molar-refractivity contribution in [1.82, 2.24) is 20.5 Å². The molecule has 0 atom stereocenters. The van der Waals surface area contributed by atoms with E-state index in [1.807, 2.05) is 36.4 Å². The van der Waals surface area contributed by atoms with Crippen LogP contribution in [0, 0.1) is 0 Å². The Balaban J connectivity index is 1.55. The van der Waals surface area contributed by atoms with Crippen molar-refractivity contribution in [2.45, 2.75) is 6.54 Å². The molecule has 5 rings (SSSR count). The summed E-state index contributed by atoms with van der Waals surface area (Å²) in [5.74, 6) is 0.287. The Morgan fingerprint density at radius 2 is 2.00 bits per heavy atom. The number of rotatable bonds is 5. The van der Waals surface area contributed by atoms with Crippen molar-refractivity contribution in [3.63, 3.8) is 0 Å². The van der Waals surface area contributed by atoms with Crippen LogP contribution in [0.15, 0.2) is 66.9 Å². The lowest BCUT2D eigenvalue weighted by Gasteiger charge is -2.11. The van der Waals surface area contributed by atoms with Gasteiger partial charge in [-0.3, -0.25) is 14.9 Å². The Labute approximate surface area is 176 Å². The Morgan fingerprint density at radius 3 is 2.80 bits per heavy atom. The summed E-state index contributed by atoms with van der Waals surface area (Å²) in [5.41, 5.74) is 2.85. The SMILES string of the molecule is COc1c(C(=O)NCc2ccccn2)ccc2[nH]nc(-c3cc4ccccc4s3)c12. The molecule has 0 unspecified atom stereocenters. The van der Waals surface area contributed by atoms with Gasteiger partial charge in [0.05, 0.1) is 40.7 Å². The molecule has 0 aliphatic rings. The van der Waals surface area contributed by atoms with Gasteiger partial charge in [0.15, 0.2) is 0 Å². The number of ether oxygens (including phenoxy) is 1. The summed E-state index contributed by atoms with van der Waals surface area (Å²) in [4.78, 5) is 18.2. The summed E-state index contributed by atoms with van der Waals surface area (Å²) in [6.45, 7) is 0.343. The summed E-state index contributed by atoms with van der Waals surface area (Å²) < 4.78 is 6.88. The third kappa shape index (κ3) is 3.19. The van der Waals surface area contributed by atoms with Crippen LogP contribution in [-0.4, -0.2) is 28.2 Å². The van der Waals surface area contributed by atoms with Crippen molar-refractivity contribution in [3.8, 4) is 16.3 Å². The van der Waals surface area contributed by atoms with Crippen LogP contribution in [0.25, 0.3) is 31.6 Å². The minimum atomic E-state index is -0.220. The van der Waals surface area contributed by atoms with E-state index >= 15 is 0 Å². The van der Waals surface area contributed by atoms with Crippen LogP contribution in [0.2, 0.25) is 0 Å². The number of nitrogens with one attached hydrogen (secondary N) is 2. The minimum absolute atomic E-state index is 0.220. The Bertz CT molecular complexity index is 1320. The van der Waals surface area contributed by atoms with Gasteiger partial charge < -0.3 is 10.1 Å². The highest BCUT2D eigenvalue weighted by Crippen LogP contribution is 2.40. The number of aromatic amines is 1. The van der Waals surface area contributed by atoms with Crippen LogP contribution in [0.1, 0.15) is 16.1 Å². The maximum Gasteiger partial charge on any atom is 0.255 e. The lowest BCUT2D eigenvalue weighted by atomic mass is 10.1. The first-order valence-corrected chi connectivity index (χ1v) is 10.3. The molecular formula is C23H18N4O2S. The molecule has 3 heterocycles. The molecule has 1 amide bonds. The van der Waals surface area contributed by atoms with E-state index in [-0.39, 0.29) is 5.91 Å². The average Bonchev–Trinajstić information content (AvgIpc) is 3.41. The van der Waals surface area contributed by atoms with Crippen molar-refractivity contribution in [2.24, 2.45) is 0 Å². The van der Waals surface area contributed by atoms with Gasteiger partial charge in [-0.2, -0.15) is 5.10 Å². The summed E-state index contributed by atoms with van der Waals surface area (Å²) in [5, 5.41) is 12.5. The zero-order valence-electron chi connectivity index (χ0n) is 16.2. The van der Waals surface area contributed by atoms with Crippen molar-refractivity contribution < 1.29 is 9.53 Å². The van der Waals surface area contributed by atoms with Crippen LogP contribution >= 0.6 is 11.3 Å². The smallest absolute Gasteiger partial charge is 0.255 e. The normalized spacial score (nSPS) is 11.1. The number of thiophene rings is 1. The number of fused-ring (bicyclic) bond motifs is 2. The van der Waals surface area contributed by atoms with E-state index in [0.717, 1.165) is 32.6 Å². The fourth-order valence-electron chi connectivity index (χ4n) is 3.52. The van der Waals surface area contributed by atoms with Crippen molar-refractivity contribution in [2.75, 3.05) is 7.11 Å². The lowest BCUT2D eigenvalue weighted by Crippen LogP contribution is -2.23. The maximum atomic E-state index is 12.9. The number of amides is 1. The number of methoxy groups -OCH3 is 1. The molecule has 0 bridgehead atoms. The number of H-pyrrole nitrogens is 1. The topological polar surface area (TPSA) is 79.9 Å². The molecule has 2 N–H and O–H groups in total. The fraction of sp³-hybridized carbons (Fsp3) is 0.0870. The van der Waals surface area contributed by atoms with E-state index in [9.17, 15) is 4.79 Å². The van der Waals surface area contributed by atoms with E-state index in [0.29, 0.717) is 17.9 Å². The summed E-state index contributed by atoms with van der Waals surface area (Å²) in [6, 6.07) is 19.5. The van der Waals surface area contributed by atoms with Gasteiger partial charge in [0.2, 0.25) is 0 Å². The highest BCUT2D eigenvalue weighted by molar-refractivity contribution is 7.22. The van der Waals surface area contributed by atoms with Gasteiger partial charge in [-0.25, -0.2) is 0 Å². The van der Waals surface area contributed by atoms with E-state index in [1.54, 1.807) is 30.7 Å². The molecule has 5 aromatic rings. The zero-order valence-corrected chi connectivity index (χ0v) is 17.0. The second-order valence-electron chi connectivity index (χ2n) is 6.79. The van der Waals surface area contributed by atoms with Crippen LogP contribution in [0.5, 0.6) is 5.75 Å². The first-order chi connectivity index (χ1) is 14.7. The molecule has 3 aromatic heterocycles. The number of carbonyl (C=O) groups excluding carboxylic acids is 1. The maximum absolute atomic E-state index is 12.9. The summed E-state index contributed by atoms with van der Waals surface area (Å²) in [7, 11) is 1.58. The highest BCUT2D eigenvalue weighted by Gasteiger charge is 2.21. The monoisotopic (exact) mass is 414 g/mol. The van der Waals surface area contributed by atoms with Crippen molar-refractivity contribution >= 4 is 38.2 Å². The third-order valence-corrected chi connectivity index (χ3v) is 6.07. The Kier molecular flexibility index (Phi) is 4.65. The third-order valence-electron chi connectivity index (χ3n) is 4.95. The van der Waals surface area contributed by atoms with E-state index in [2.05, 4.69) is 38.7 Å². The molecule has 0 spiro atoms. The number of carbonyl (C=O) groups is 1. The summed E-state index contributed by atoms with van der Waals surface area (Å²) >= 11 is 1.66. The average molecular weight is 414 g/mol. The number of hydrogen-bond donors (Lipinski definition) is 2. The molecule has 0 saturated heterocycles. The molecule has 0 fully saturated rings. The Hall–Kier alpha value is -3.71. The molecule has 0 radical (unpaired) electrons. The Morgan fingerprint density at radius 1 is 1.13 bits per heavy atom. The van der Waals surface area contributed by atoms with Crippen LogP contribution < -0.4 is 10.1 Å². The molecule has 0 aliphatic heterocycles. The quantitative estimate of drug-likeness (QED) is 0.434. The van der Waals surface area contributed by atoms with Crippen LogP contribution in [0.3, 0.4) is 0 Å². The second kappa shape index (κ2) is 7.61. The first-order valence-electron chi connectivity index (χ1n) is 9.46. The standard InChI is InChI=1S/C23H18N4O2S/c1-29-22-16(23(28)25-13-15-7-4-5-11-24-15)9-10-17-20(22)21(27-26-17)19-12-14-6-2-3-8-18(14)30-19/h2-12H,13H2,1H3,(H,25,28)(H,26,27). The zero-order chi connectivity index (χ0) is 20.5. The molecule has 30 heavy (non-hydrogen) atoms. The van der Waals surface area contributed by atoms with Gasteiger partial charge in [0.1, 0.15) is 11.4 Å². The highest BCUT2D eigenvalue weighted by atomic mass is 32.1. The minimum Gasteiger partial charge on any atom is -0.495 e. The predicted octanol–water partition coefficient (Wildman–Crippen LogP) is 4.78. The number of nitrogens with zero attached hydrogens (tertiary/aromatic N) is 2. The van der Waals surface area contributed by atoms with Gasteiger partial charge >= 0.3 is 0 Å². The largest absolute Gasteiger partial charge is 0.495 e. The number of hydrogen-bond acceptors (Lipinski definition) is 5. The molecular weight excluding hydrogens is 396 g/mol. The van der Waals surface area contributed by atoms with E-state index in [4.69, 9.17) is 4.74 Å². The van der Waals surface area contributed by atoms with Crippen molar-refractivity contribution in [3.05, 3.63) is 78.1 Å². The second-order valence-corrected chi connectivity index (χ2v) is 7.88. The fourth-order valence-corrected chi connectivity index (χ4v) is 4.58. The molecule has 0 aliphatic carbocycles. The molecule has 2 aromatic carbocycles. The van der Waals surface area contributed by atoms with Crippen LogP contribution in [0.4, 0.5) is 0 Å². The van der Waals surface area contributed by atoms with Gasteiger partial charge in [0.25, 0.3) is 5.91 Å². The predicted molar refractivity (Wildman–Crippen MR) is 119 cm³/mol. The van der Waals surface area contributed by atoms with E-state index < -0.39 is 0 Å². The first kappa shape index (κ1) is 18.3. The van der Waals surface area contributed by atoms with Crippen molar-refractivity contribution in [1.29, 1.82) is 0 Å². The van der Waals surface area contributed by atoms with Crippen LogP contribution in [-0.2, 0) is 6.54 Å². The molecule has 7 heteroatoms. The number of benzene rings is 2. The number of pyridine rings is 1. The van der Waals surface area contributed by atoms with Gasteiger partial charge in [-0.05, 0) is 41.8 Å². The lowest BCUT2D eigenvalue weighted by molar-refractivity contribution is 0.0947. The molecule has 0 saturated carbocycles. The van der Waals surface area contributed by atoms with E-state index in [1.165, 1.54) is 4.70 Å². The molecule has 148 valence electrons. The molecule has 6 nitrogen and oxygen atoms in total. The van der Waals surface area contributed by atoms with Gasteiger partial charge in [0, 0.05) is 10.9 Å². The van der Waals surface area contributed by atoms with Gasteiger partial charge in [-0.1, -0.05) is 24.3 Å². The summed E-state index contributed by atoms with van der Waals surface area (Å²) in [6.07, 6.45) is 1.71. The van der Waals surface area contributed by atoms with Gasteiger partial charge in [-0.15, -0.1) is 11.3 Å².